The van der Waals surface area contributed by atoms with Crippen molar-refractivity contribution < 1.29 is 4.79 Å². The van der Waals surface area contributed by atoms with Crippen LogP contribution in [0.15, 0.2) is 4.90 Å². The summed E-state index contributed by atoms with van der Waals surface area (Å²) >= 11 is 3.06. The van der Waals surface area contributed by atoms with E-state index in [1.54, 1.807) is 11.8 Å². The number of amides is 1. The van der Waals surface area contributed by atoms with Crippen LogP contribution in [-0.4, -0.2) is 25.3 Å². The predicted molar refractivity (Wildman–Crippen MR) is 95.8 cm³/mol. The summed E-state index contributed by atoms with van der Waals surface area (Å²) < 4.78 is 0. The number of hydrogen-bond donors (Lipinski definition) is 3. The van der Waals surface area contributed by atoms with Gasteiger partial charge in [0.05, 0.1) is 10.6 Å². The zero-order valence-corrected chi connectivity index (χ0v) is 14.9. The Morgan fingerprint density at radius 3 is 2.57 bits per heavy atom. The van der Waals surface area contributed by atoms with Crippen LogP contribution < -0.4 is 16.4 Å². The summed E-state index contributed by atoms with van der Waals surface area (Å²) in [7, 11) is 0. The largest absolute Gasteiger partial charge is 0.396 e. The first-order valence-corrected chi connectivity index (χ1v) is 9.68. The summed E-state index contributed by atoms with van der Waals surface area (Å²) in [6.45, 7) is 5.86. The number of carbonyl (C=O) groups is 1. The van der Waals surface area contributed by atoms with Gasteiger partial charge in [0.2, 0.25) is 0 Å². The molecular formula is C15H27N3OS2. The number of carbonyl (C=O) groups excluding carboxylic acids is 1. The van der Waals surface area contributed by atoms with E-state index in [1.807, 2.05) is 13.2 Å². The number of rotatable bonds is 10. The molecule has 0 saturated heterocycles. The van der Waals surface area contributed by atoms with Crippen molar-refractivity contribution in [3.05, 3.63) is 4.88 Å². The van der Waals surface area contributed by atoms with Gasteiger partial charge in [-0.15, -0.1) is 23.1 Å². The van der Waals surface area contributed by atoms with Crippen LogP contribution in [0.1, 0.15) is 55.6 Å². The van der Waals surface area contributed by atoms with Crippen molar-refractivity contribution in [2.24, 2.45) is 0 Å². The lowest BCUT2D eigenvalue weighted by molar-refractivity contribution is 0.0958. The van der Waals surface area contributed by atoms with E-state index < -0.39 is 0 Å². The first-order valence-electron chi connectivity index (χ1n) is 7.63. The van der Waals surface area contributed by atoms with Gasteiger partial charge in [0.1, 0.15) is 9.88 Å². The second kappa shape index (κ2) is 9.95. The normalized spacial score (nSPS) is 10.6. The first kappa shape index (κ1) is 18.2. The molecule has 0 atom stereocenters. The molecule has 0 saturated carbocycles. The second-order valence-corrected chi connectivity index (χ2v) is 6.79. The summed E-state index contributed by atoms with van der Waals surface area (Å²) in [5.41, 5.74) is 6.74. The first-order chi connectivity index (χ1) is 10.2. The molecule has 0 spiro atoms. The Kier molecular flexibility index (Phi) is 8.61. The van der Waals surface area contributed by atoms with Gasteiger partial charge in [0.25, 0.3) is 5.91 Å². The lowest BCUT2D eigenvalue weighted by Crippen LogP contribution is -2.23. The summed E-state index contributed by atoms with van der Waals surface area (Å²) in [5, 5.41) is 7.35. The van der Waals surface area contributed by atoms with Crippen molar-refractivity contribution in [3.8, 4) is 0 Å². The molecule has 0 aliphatic carbocycles. The molecule has 4 N–H and O–H groups in total. The van der Waals surface area contributed by atoms with Gasteiger partial charge < -0.3 is 16.4 Å². The van der Waals surface area contributed by atoms with Gasteiger partial charge in [0.15, 0.2) is 0 Å². The maximum atomic E-state index is 12.1. The molecule has 4 nitrogen and oxygen atoms in total. The molecule has 1 amide bonds. The highest BCUT2D eigenvalue weighted by Crippen LogP contribution is 2.41. The summed E-state index contributed by atoms with van der Waals surface area (Å²) in [6, 6.07) is 0. The zero-order valence-electron chi connectivity index (χ0n) is 13.3. The van der Waals surface area contributed by atoms with Crippen molar-refractivity contribution >= 4 is 39.7 Å². The van der Waals surface area contributed by atoms with Gasteiger partial charge >= 0.3 is 0 Å². The van der Waals surface area contributed by atoms with Crippen LogP contribution in [0.4, 0.5) is 10.7 Å². The fourth-order valence-electron chi connectivity index (χ4n) is 1.99. The average molecular weight is 330 g/mol. The van der Waals surface area contributed by atoms with E-state index >= 15 is 0 Å². The Morgan fingerprint density at radius 2 is 1.95 bits per heavy atom. The number of hydrogen-bond acceptors (Lipinski definition) is 5. The Hall–Kier alpha value is -0.880. The number of nitrogen functional groups attached to an aromatic ring is 1. The number of thioether (sulfide) groups is 1. The molecular weight excluding hydrogens is 302 g/mol. The highest BCUT2D eigenvalue weighted by atomic mass is 32.2. The van der Waals surface area contributed by atoms with Crippen molar-refractivity contribution in [3.63, 3.8) is 0 Å². The molecule has 1 rings (SSSR count). The number of unbranched alkanes of at least 4 members (excludes halogenated alkanes) is 3. The van der Waals surface area contributed by atoms with E-state index in [0.29, 0.717) is 17.1 Å². The summed E-state index contributed by atoms with van der Waals surface area (Å²) in [6.07, 6.45) is 7.82. The van der Waals surface area contributed by atoms with Crippen LogP contribution in [0.25, 0.3) is 0 Å². The average Bonchev–Trinajstić information content (AvgIpc) is 2.80. The quantitative estimate of drug-likeness (QED) is 0.445. The Morgan fingerprint density at radius 1 is 1.19 bits per heavy atom. The Bertz CT molecular complexity index is 446. The fraction of sp³-hybridized carbons (Fsp3) is 0.667. The van der Waals surface area contributed by atoms with Crippen LogP contribution >= 0.6 is 23.1 Å². The molecule has 0 radical (unpaired) electrons. The van der Waals surface area contributed by atoms with E-state index in [0.717, 1.165) is 29.3 Å². The molecule has 0 fully saturated rings. The van der Waals surface area contributed by atoms with Crippen LogP contribution in [0.3, 0.4) is 0 Å². The molecule has 1 aromatic heterocycles. The third-order valence-electron chi connectivity index (χ3n) is 3.16. The van der Waals surface area contributed by atoms with Crippen LogP contribution in [0.5, 0.6) is 0 Å². The van der Waals surface area contributed by atoms with Crippen LogP contribution in [0.2, 0.25) is 0 Å². The maximum Gasteiger partial charge on any atom is 0.263 e. The van der Waals surface area contributed by atoms with Gasteiger partial charge in [-0.3, -0.25) is 4.79 Å². The van der Waals surface area contributed by atoms with E-state index in [9.17, 15) is 4.79 Å². The number of anilines is 2. The fourth-order valence-corrected chi connectivity index (χ4v) is 3.97. The molecule has 0 aromatic carbocycles. The molecule has 0 aliphatic heterocycles. The van der Waals surface area contributed by atoms with Gasteiger partial charge in [-0.05, 0) is 19.1 Å². The monoisotopic (exact) mass is 329 g/mol. The Balaban J connectivity index is 2.68. The molecule has 0 aliphatic rings. The molecule has 1 aromatic rings. The molecule has 0 unspecified atom stereocenters. The van der Waals surface area contributed by atoms with Crippen molar-refractivity contribution in [2.75, 3.05) is 30.4 Å². The number of nitrogens with one attached hydrogen (secondary N) is 2. The topological polar surface area (TPSA) is 67.2 Å². The molecule has 1 heterocycles. The van der Waals surface area contributed by atoms with Gasteiger partial charge in [-0.1, -0.05) is 33.1 Å². The number of thiophene rings is 1. The van der Waals surface area contributed by atoms with Crippen LogP contribution in [-0.2, 0) is 0 Å². The minimum Gasteiger partial charge on any atom is -0.396 e. The SMILES string of the molecule is CCCCCCNc1sc(C(=O)NCCC)c(N)c1SC. The minimum atomic E-state index is -0.0614. The maximum absolute atomic E-state index is 12.1. The zero-order chi connectivity index (χ0) is 15.7. The van der Waals surface area contributed by atoms with E-state index in [-0.39, 0.29) is 5.91 Å². The van der Waals surface area contributed by atoms with E-state index in [4.69, 9.17) is 5.73 Å². The summed E-state index contributed by atoms with van der Waals surface area (Å²) in [4.78, 5) is 13.7. The second-order valence-electron chi connectivity index (χ2n) is 4.95. The van der Waals surface area contributed by atoms with Crippen molar-refractivity contribution in [1.82, 2.24) is 5.32 Å². The third-order valence-corrected chi connectivity index (χ3v) is 5.28. The highest BCUT2D eigenvalue weighted by Gasteiger charge is 2.20. The van der Waals surface area contributed by atoms with Gasteiger partial charge in [-0.2, -0.15) is 0 Å². The molecule has 6 heteroatoms. The van der Waals surface area contributed by atoms with Gasteiger partial charge in [0, 0.05) is 13.1 Å². The third kappa shape index (κ3) is 5.43. The minimum absolute atomic E-state index is 0.0614. The van der Waals surface area contributed by atoms with Crippen molar-refractivity contribution in [1.29, 1.82) is 0 Å². The highest BCUT2D eigenvalue weighted by molar-refractivity contribution is 7.99. The smallest absolute Gasteiger partial charge is 0.263 e. The summed E-state index contributed by atoms with van der Waals surface area (Å²) in [5.74, 6) is -0.0614. The Labute approximate surface area is 136 Å². The number of nitrogens with two attached hydrogens (primary N) is 1. The van der Waals surface area contributed by atoms with E-state index in [1.165, 1.54) is 30.6 Å². The van der Waals surface area contributed by atoms with Crippen LogP contribution in [0, 0.1) is 0 Å². The molecule has 0 bridgehead atoms. The molecule has 120 valence electrons. The predicted octanol–water partition coefficient (Wildman–Crippen LogP) is 4.18. The van der Waals surface area contributed by atoms with Gasteiger partial charge in [-0.25, -0.2) is 0 Å². The standard InChI is InChI=1S/C15H27N3OS2/c1-4-6-7-8-10-18-15-13(20-3)11(16)12(21-15)14(19)17-9-5-2/h18H,4-10,16H2,1-3H3,(H,17,19). The molecule has 21 heavy (non-hydrogen) atoms. The van der Waals surface area contributed by atoms with E-state index in [2.05, 4.69) is 17.6 Å². The van der Waals surface area contributed by atoms with Crippen molar-refractivity contribution in [2.45, 2.75) is 50.8 Å². The lowest BCUT2D eigenvalue weighted by Gasteiger charge is -2.05. The lowest BCUT2D eigenvalue weighted by atomic mass is 10.2.